The average Bonchev–Trinajstić information content (AvgIpc) is 2.39. The molecule has 2 nitrogen and oxygen atoms in total. The number of hydrogen-bond acceptors (Lipinski definition) is 2. The van der Waals surface area contributed by atoms with E-state index in [0.717, 1.165) is 18.2 Å². The number of methoxy groups -OCH3 is 1. The Balaban J connectivity index is 2.32. The van der Waals surface area contributed by atoms with Gasteiger partial charge in [0.2, 0.25) is 0 Å². The van der Waals surface area contributed by atoms with Crippen molar-refractivity contribution in [2.75, 3.05) is 13.7 Å². The van der Waals surface area contributed by atoms with E-state index in [1.54, 1.807) is 7.11 Å². The molecule has 0 amide bonds. The second-order valence-electron chi connectivity index (χ2n) is 5.46. The van der Waals surface area contributed by atoms with E-state index < -0.39 is 0 Å². The van der Waals surface area contributed by atoms with Gasteiger partial charge in [0.05, 0.1) is 7.11 Å². The smallest absolute Gasteiger partial charge is 0.119 e. The van der Waals surface area contributed by atoms with Crippen molar-refractivity contribution in [1.82, 2.24) is 5.32 Å². The molecule has 1 aliphatic heterocycles. The molecule has 1 N–H and O–H groups in total. The van der Waals surface area contributed by atoms with Crippen molar-refractivity contribution in [1.29, 1.82) is 0 Å². The number of rotatable bonds is 3. The van der Waals surface area contributed by atoms with Crippen LogP contribution in [0.5, 0.6) is 5.75 Å². The fourth-order valence-corrected chi connectivity index (χ4v) is 2.76. The summed E-state index contributed by atoms with van der Waals surface area (Å²) in [6.07, 6.45) is 4.88. The molecular formula is C16H25NO. The standard InChI is InChI=1S/C16H25NO/c1-4-5-16-15-10-14(18-3)9-8-13(15)7-6-12(2)11-17-16/h8-10,12,16-17H,4-7,11H2,1-3H3. The van der Waals surface area contributed by atoms with Gasteiger partial charge in [-0.25, -0.2) is 0 Å². The molecule has 1 aliphatic rings. The summed E-state index contributed by atoms with van der Waals surface area (Å²) in [5.74, 6) is 1.74. The Morgan fingerprint density at radius 2 is 2.22 bits per heavy atom. The molecule has 1 aromatic rings. The van der Waals surface area contributed by atoms with Gasteiger partial charge >= 0.3 is 0 Å². The van der Waals surface area contributed by atoms with Gasteiger partial charge in [0.15, 0.2) is 0 Å². The number of benzene rings is 1. The molecule has 0 saturated carbocycles. The van der Waals surface area contributed by atoms with Crippen LogP contribution in [0.15, 0.2) is 18.2 Å². The maximum atomic E-state index is 5.37. The summed E-state index contributed by atoms with van der Waals surface area (Å²) >= 11 is 0. The molecule has 0 spiro atoms. The lowest BCUT2D eigenvalue weighted by Gasteiger charge is -2.27. The summed E-state index contributed by atoms with van der Waals surface area (Å²) in [7, 11) is 1.75. The lowest BCUT2D eigenvalue weighted by molar-refractivity contribution is 0.393. The summed E-state index contributed by atoms with van der Waals surface area (Å²) in [5, 5.41) is 3.72. The highest BCUT2D eigenvalue weighted by Crippen LogP contribution is 2.30. The first kappa shape index (κ1) is 13.4. The highest BCUT2D eigenvalue weighted by molar-refractivity contribution is 5.38. The fourth-order valence-electron chi connectivity index (χ4n) is 2.76. The van der Waals surface area contributed by atoms with Gasteiger partial charge in [-0.1, -0.05) is 26.3 Å². The van der Waals surface area contributed by atoms with Crippen molar-refractivity contribution in [3.05, 3.63) is 29.3 Å². The van der Waals surface area contributed by atoms with Gasteiger partial charge in [-0.15, -0.1) is 0 Å². The molecule has 2 unspecified atom stereocenters. The van der Waals surface area contributed by atoms with Crippen LogP contribution in [0.25, 0.3) is 0 Å². The van der Waals surface area contributed by atoms with Crippen molar-refractivity contribution in [2.24, 2.45) is 5.92 Å². The van der Waals surface area contributed by atoms with Crippen LogP contribution in [0.1, 0.15) is 50.3 Å². The van der Waals surface area contributed by atoms with E-state index in [-0.39, 0.29) is 0 Å². The summed E-state index contributed by atoms with van der Waals surface area (Å²) in [6, 6.07) is 7.05. The van der Waals surface area contributed by atoms with Crippen LogP contribution in [0, 0.1) is 5.92 Å². The molecule has 0 saturated heterocycles. The second-order valence-corrected chi connectivity index (χ2v) is 5.46. The van der Waals surface area contributed by atoms with Gasteiger partial charge in [0, 0.05) is 6.04 Å². The quantitative estimate of drug-likeness (QED) is 0.879. The second kappa shape index (κ2) is 6.24. The molecule has 0 aliphatic carbocycles. The zero-order valence-corrected chi connectivity index (χ0v) is 11.8. The molecule has 18 heavy (non-hydrogen) atoms. The number of ether oxygens (including phenoxy) is 1. The van der Waals surface area contributed by atoms with Gasteiger partial charge < -0.3 is 10.1 Å². The molecule has 0 radical (unpaired) electrons. The van der Waals surface area contributed by atoms with Crippen LogP contribution in [0.4, 0.5) is 0 Å². The van der Waals surface area contributed by atoms with Crippen LogP contribution in [0.3, 0.4) is 0 Å². The van der Waals surface area contributed by atoms with E-state index >= 15 is 0 Å². The highest BCUT2D eigenvalue weighted by Gasteiger charge is 2.19. The van der Waals surface area contributed by atoms with Gasteiger partial charge in [-0.05, 0) is 55.0 Å². The summed E-state index contributed by atoms with van der Waals surface area (Å²) < 4.78 is 5.37. The molecule has 0 bridgehead atoms. The third-order valence-corrected chi connectivity index (χ3v) is 3.92. The Labute approximate surface area is 111 Å². The summed E-state index contributed by atoms with van der Waals surface area (Å²) in [4.78, 5) is 0. The minimum atomic E-state index is 0.489. The van der Waals surface area contributed by atoms with E-state index in [0.29, 0.717) is 6.04 Å². The summed E-state index contributed by atoms with van der Waals surface area (Å²) in [5.41, 5.74) is 2.94. The minimum Gasteiger partial charge on any atom is -0.497 e. The van der Waals surface area contributed by atoms with E-state index in [4.69, 9.17) is 4.74 Å². The molecule has 2 rings (SSSR count). The number of aryl methyl sites for hydroxylation is 1. The Bertz CT molecular complexity index is 389. The van der Waals surface area contributed by atoms with Crippen LogP contribution in [0.2, 0.25) is 0 Å². The van der Waals surface area contributed by atoms with Crippen molar-refractivity contribution in [2.45, 2.75) is 45.6 Å². The predicted molar refractivity (Wildman–Crippen MR) is 76.1 cm³/mol. The topological polar surface area (TPSA) is 21.3 Å². The van der Waals surface area contributed by atoms with Crippen LogP contribution in [-0.4, -0.2) is 13.7 Å². The Morgan fingerprint density at radius 3 is 2.94 bits per heavy atom. The molecule has 2 heteroatoms. The van der Waals surface area contributed by atoms with Gasteiger partial charge in [0.1, 0.15) is 5.75 Å². The number of nitrogens with one attached hydrogen (secondary N) is 1. The maximum Gasteiger partial charge on any atom is 0.119 e. The Morgan fingerprint density at radius 1 is 1.39 bits per heavy atom. The van der Waals surface area contributed by atoms with Crippen LogP contribution < -0.4 is 10.1 Å². The van der Waals surface area contributed by atoms with Crippen molar-refractivity contribution in [3.63, 3.8) is 0 Å². The SMILES string of the molecule is CCCC1NCC(C)CCc2ccc(OC)cc21. The van der Waals surface area contributed by atoms with Crippen LogP contribution >= 0.6 is 0 Å². The van der Waals surface area contributed by atoms with Crippen molar-refractivity contribution in [3.8, 4) is 5.75 Å². The van der Waals surface area contributed by atoms with Gasteiger partial charge in [-0.2, -0.15) is 0 Å². The molecular weight excluding hydrogens is 222 g/mol. The van der Waals surface area contributed by atoms with E-state index in [1.807, 2.05) is 0 Å². The number of hydrogen-bond donors (Lipinski definition) is 1. The Kier molecular flexibility index (Phi) is 4.65. The minimum absolute atomic E-state index is 0.489. The molecule has 0 fully saturated rings. The maximum absolute atomic E-state index is 5.37. The predicted octanol–water partition coefficient (Wildman–Crippen LogP) is 3.71. The lowest BCUT2D eigenvalue weighted by Crippen LogP contribution is -2.29. The van der Waals surface area contributed by atoms with E-state index in [2.05, 4.69) is 37.4 Å². The van der Waals surface area contributed by atoms with Crippen molar-refractivity contribution < 1.29 is 4.74 Å². The molecule has 100 valence electrons. The first-order chi connectivity index (χ1) is 8.74. The molecule has 1 heterocycles. The van der Waals surface area contributed by atoms with E-state index in [9.17, 15) is 0 Å². The Hall–Kier alpha value is -1.02. The highest BCUT2D eigenvalue weighted by atomic mass is 16.5. The average molecular weight is 247 g/mol. The molecule has 1 aromatic carbocycles. The first-order valence-electron chi connectivity index (χ1n) is 7.14. The summed E-state index contributed by atoms with van der Waals surface area (Å²) in [6.45, 7) is 5.72. The number of fused-ring (bicyclic) bond motifs is 1. The van der Waals surface area contributed by atoms with E-state index in [1.165, 1.54) is 36.8 Å². The van der Waals surface area contributed by atoms with Gasteiger partial charge in [-0.3, -0.25) is 0 Å². The van der Waals surface area contributed by atoms with Crippen molar-refractivity contribution >= 4 is 0 Å². The third-order valence-electron chi connectivity index (χ3n) is 3.92. The molecule has 0 aromatic heterocycles. The third kappa shape index (κ3) is 3.05. The monoisotopic (exact) mass is 247 g/mol. The fraction of sp³-hybridized carbons (Fsp3) is 0.625. The first-order valence-corrected chi connectivity index (χ1v) is 7.14. The van der Waals surface area contributed by atoms with Crippen LogP contribution in [-0.2, 0) is 6.42 Å². The zero-order valence-electron chi connectivity index (χ0n) is 11.8. The lowest BCUT2D eigenvalue weighted by atomic mass is 9.89. The molecule has 2 atom stereocenters. The zero-order chi connectivity index (χ0) is 13.0. The normalized spacial score (nSPS) is 23.9. The van der Waals surface area contributed by atoms with Gasteiger partial charge in [0.25, 0.3) is 0 Å². The largest absolute Gasteiger partial charge is 0.497 e.